The van der Waals surface area contributed by atoms with Crippen molar-refractivity contribution in [3.8, 4) is 11.3 Å². The van der Waals surface area contributed by atoms with Gasteiger partial charge in [-0.3, -0.25) is 0 Å². The smallest absolute Gasteiger partial charge is 0.393 e. The van der Waals surface area contributed by atoms with Crippen molar-refractivity contribution in [2.24, 2.45) is 0 Å². The summed E-state index contributed by atoms with van der Waals surface area (Å²) in [5.74, 6) is 0.573. The van der Waals surface area contributed by atoms with E-state index in [0.717, 1.165) is 0 Å². The van der Waals surface area contributed by atoms with Gasteiger partial charge >= 0.3 is 6.18 Å². The first kappa shape index (κ1) is 10.8. The molecule has 1 nitrogen and oxygen atoms in total. The Morgan fingerprint density at radius 3 is 2.50 bits per heavy atom. The van der Waals surface area contributed by atoms with Gasteiger partial charge in [-0.15, -0.1) is 0 Å². The molecule has 0 aliphatic carbocycles. The minimum atomic E-state index is -4.18. The molecule has 84 valence electrons. The lowest BCUT2D eigenvalue weighted by atomic mass is 10.1. The summed E-state index contributed by atoms with van der Waals surface area (Å²) >= 11 is 0. The summed E-state index contributed by atoms with van der Waals surface area (Å²) in [6, 6.07) is 9.68. The quantitative estimate of drug-likeness (QED) is 0.752. The van der Waals surface area contributed by atoms with Crippen molar-refractivity contribution in [2.45, 2.75) is 12.6 Å². The zero-order chi connectivity index (χ0) is 11.6. The molecule has 0 aliphatic rings. The van der Waals surface area contributed by atoms with Crippen molar-refractivity contribution in [3.63, 3.8) is 0 Å². The van der Waals surface area contributed by atoms with Gasteiger partial charge in [-0.25, -0.2) is 0 Å². The van der Waals surface area contributed by atoms with Crippen LogP contribution < -0.4 is 0 Å². The molecule has 4 heteroatoms. The summed E-state index contributed by atoms with van der Waals surface area (Å²) in [5.41, 5.74) is 0.896. The highest BCUT2D eigenvalue weighted by molar-refractivity contribution is 5.58. The zero-order valence-corrected chi connectivity index (χ0v) is 8.29. The van der Waals surface area contributed by atoms with Gasteiger partial charge in [-0.1, -0.05) is 18.2 Å². The van der Waals surface area contributed by atoms with Crippen molar-refractivity contribution in [1.82, 2.24) is 0 Å². The number of alkyl halides is 3. The molecule has 0 spiro atoms. The second-order valence-corrected chi connectivity index (χ2v) is 3.47. The number of hydrogen-bond acceptors (Lipinski definition) is 1. The van der Waals surface area contributed by atoms with Gasteiger partial charge in [0.15, 0.2) is 0 Å². The number of halogens is 3. The Morgan fingerprint density at radius 2 is 1.88 bits per heavy atom. The largest absolute Gasteiger partial charge is 0.464 e. The average Bonchev–Trinajstić information content (AvgIpc) is 2.68. The van der Waals surface area contributed by atoms with Gasteiger partial charge in [0.1, 0.15) is 5.76 Å². The van der Waals surface area contributed by atoms with Crippen LogP contribution in [-0.4, -0.2) is 6.18 Å². The minimum Gasteiger partial charge on any atom is -0.464 e. The van der Waals surface area contributed by atoms with E-state index in [9.17, 15) is 13.2 Å². The molecule has 0 fully saturated rings. The summed E-state index contributed by atoms with van der Waals surface area (Å²) in [6.07, 6.45) is -3.60. The molecular formula is C12H9F3O. The summed E-state index contributed by atoms with van der Waals surface area (Å²) in [7, 11) is 0. The third-order valence-corrected chi connectivity index (χ3v) is 2.14. The van der Waals surface area contributed by atoms with Crippen LogP contribution in [0.4, 0.5) is 13.2 Å². The lowest BCUT2D eigenvalue weighted by Crippen LogP contribution is -2.11. The predicted molar refractivity (Wildman–Crippen MR) is 53.9 cm³/mol. The van der Waals surface area contributed by atoms with Gasteiger partial charge in [0.2, 0.25) is 0 Å². The Morgan fingerprint density at radius 1 is 1.06 bits per heavy atom. The van der Waals surface area contributed by atoms with E-state index < -0.39 is 12.6 Å². The van der Waals surface area contributed by atoms with Crippen molar-refractivity contribution in [1.29, 1.82) is 0 Å². The van der Waals surface area contributed by atoms with E-state index in [-0.39, 0.29) is 5.56 Å². The van der Waals surface area contributed by atoms with Crippen LogP contribution in [0, 0.1) is 0 Å². The van der Waals surface area contributed by atoms with Gasteiger partial charge in [0, 0.05) is 5.56 Å². The second kappa shape index (κ2) is 4.04. The molecule has 0 aliphatic heterocycles. The monoisotopic (exact) mass is 226 g/mol. The molecular weight excluding hydrogens is 217 g/mol. The Balaban J connectivity index is 2.27. The predicted octanol–water partition coefficient (Wildman–Crippen LogP) is 4.05. The standard InChI is InChI=1S/C12H9F3O/c13-12(14,15)8-9-3-1-4-10(7-9)11-5-2-6-16-11/h1-7H,8H2. The van der Waals surface area contributed by atoms with Crippen LogP contribution in [-0.2, 0) is 6.42 Å². The molecule has 0 unspecified atom stereocenters. The highest BCUT2D eigenvalue weighted by atomic mass is 19.4. The molecule has 1 aromatic carbocycles. The van der Waals surface area contributed by atoms with E-state index in [2.05, 4.69) is 0 Å². The van der Waals surface area contributed by atoms with Crippen LogP contribution in [0.3, 0.4) is 0 Å². The van der Waals surface area contributed by atoms with Gasteiger partial charge in [0.25, 0.3) is 0 Å². The topological polar surface area (TPSA) is 13.1 Å². The zero-order valence-electron chi connectivity index (χ0n) is 8.29. The molecule has 0 bridgehead atoms. The summed E-state index contributed by atoms with van der Waals surface area (Å²) in [4.78, 5) is 0. The van der Waals surface area contributed by atoms with Crippen LogP contribution in [0.1, 0.15) is 5.56 Å². The van der Waals surface area contributed by atoms with E-state index in [1.807, 2.05) is 0 Å². The third kappa shape index (κ3) is 2.66. The fourth-order valence-electron chi connectivity index (χ4n) is 1.51. The van der Waals surface area contributed by atoms with E-state index in [1.54, 1.807) is 24.3 Å². The number of rotatable bonds is 2. The Kier molecular flexibility index (Phi) is 2.73. The van der Waals surface area contributed by atoms with Crippen LogP contribution in [0.2, 0.25) is 0 Å². The maximum Gasteiger partial charge on any atom is 0.393 e. The fourth-order valence-corrected chi connectivity index (χ4v) is 1.51. The molecule has 0 saturated heterocycles. The SMILES string of the molecule is FC(F)(F)Cc1cccc(-c2ccco2)c1. The Bertz CT molecular complexity index is 457. The second-order valence-electron chi connectivity index (χ2n) is 3.47. The first-order valence-electron chi connectivity index (χ1n) is 4.74. The molecule has 1 heterocycles. The van der Waals surface area contributed by atoms with Gasteiger partial charge in [0.05, 0.1) is 12.7 Å². The Labute approximate surface area is 90.5 Å². The molecule has 1 aromatic heterocycles. The summed E-state index contributed by atoms with van der Waals surface area (Å²) in [6.45, 7) is 0. The summed E-state index contributed by atoms with van der Waals surface area (Å²) in [5, 5.41) is 0. The fraction of sp³-hybridized carbons (Fsp3) is 0.167. The first-order chi connectivity index (χ1) is 7.54. The van der Waals surface area contributed by atoms with Crippen molar-refractivity contribution >= 4 is 0 Å². The van der Waals surface area contributed by atoms with Gasteiger partial charge in [-0.2, -0.15) is 13.2 Å². The van der Waals surface area contributed by atoms with Gasteiger partial charge in [-0.05, 0) is 23.8 Å². The number of hydrogen-bond donors (Lipinski definition) is 0. The van der Waals surface area contributed by atoms with Crippen molar-refractivity contribution in [2.75, 3.05) is 0 Å². The first-order valence-corrected chi connectivity index (χ1v) is 4.74. The van der Waals surface area contributed by atoms with Crippen LogP contribution in [0.5, 0.6) is 0 Å². The summed E-state index contributed by atoms with van der Waals surface area (Å²) < 4.78 is 41.7. The highest BCUT2D eigenvalue weighted by Gasteiger charge is 2.27. The van der Waals surface area contributed by atoms with Gasteiger partial charge < -0.3 is 4.42 Å². The van der Waals surface area contributed by atoms with Crippen LogP contribution >= 0.6 is 0 Å². The molecule has 0 amide bonds. The third-order valence-electron chi connectivity index (χ3n) is 2.14. The molecule has 2 rings (SSSR count). The van der Waals surface area contributed by atoms with E-state index >= 15 is 0 Å². The van der Waals surface area contributed by atoms with E-state index in [0.29, 0.717) is 11.3 Å². The molecule has 0 saturated carbocycles. The maximum atomic E-state index is 12.2. The lowest BCUT2D eigenvalue weighted by molar-refractivity contribution is -0.127. The normalized spacial score (nSPS) is 11.7. The van der Waals surface area contributed by atoms with E-state index in [4.69, 9.17) is 4.42 Å². The van der Waals surface area contributed by atoms with Crippen molar-refractivity contribution in [3.05, 3.63) is 48.2 Å². The van der Waals surface area contributed by atoms with Crippen LogP contribution in [0.15, 0.2) is 47.1 Å². The number of furan rings is 1. The lowest BCUT2D eigenvalue weighted by Gasteiger charge is -2.07. The van der Waals surface area contributed by atoms with Crippen molar-refractivity contribution < 1.29 is 17.6 Å². The maximum absolute atomic E-state index is 12.2. The highest BCUT2D eigenvalue weighted by Crippen LogP contribution is 2.25. The average molecular weight is 226 g/mol. The molecule has 2 aromatic rings. The van der Waals surface area contributed by atoms with Crippen LogP contribution in [0.25, 0.3) is 11.3 Å². The molecule has 0 N–H and O–H groups in total. The van der Waals surface area contributed by atoms with E-state index in [1.165, 1.54) is 18.4 Å². The molecule has 0 atom stereocenters. The molecule has 0 radical (unpaired) electrons. The minimum absolute atomic E-state index is 0.237. The number of benzene rings is 1. The Hall–Kier alpha value is -1.71. The molecule has 16 heavy (non-hydrogen) atoms.